The van der Waals surface area contributed by atoms with Crippen molar-refractivity contribution >= 4 is 11.9 Å². The first-order chi connectivity index (χ1) is 9.32. The van der Waals surface area contributed by atoms with E-state index in [-0.39, 0.29) is 11.5 Å². The highest BCUT2D eigenvalue weighted by atomic mass is 16.4. The summed E-state index contributed by atoms with van der Waals surface area (Å²) in [6.45, 7) is 8.08. The second-order valence-corrected chi connectivity index (χ2v) is 5.49. The molecule has 1 rings (SSSR count). The standard InChI is InChI=1S/C14H25N3O3/c1-11(12(2)14(19)20)13(18)17-9-7-16(8-10-17)6-5-15(3)4/h5-10H2,1-4H3,(H,19,20). The molecule has 114 valence electrons. The Kier molecular flexibility index (Phi) is 6.16. The van der Waals surface area contributed by atoms with Gasteiger partial charge in [0.15, 0.2) is 0 Å². The molecule has 0 aliphatic carbocycles. The number of hydrogen-bond acceptors (Lipinski definition) is 4. The van der Waals surface area contributed by atoms with Crippen molar-refractivity contribution in [1.29, 1.82) is 0 Å². The highest BCUT2D eigenvalue weighted by molar-refractivity contribution is 6.01. The van der Waals surface area contributed by atoms with Crippen LogP contribution >= 0.6 is 0 Å². The predicted molar refractivity (Wildman–Crippen MR) is 77.6 cm³/mol. The summed E-state index contributed by atoms with van der Waals surface area (Å²) in [5.41, 5.74) is 0.462. The maximum atomic E-state index is 12.2. The lowest BCUT2D eigenvalue weighted by molar-refractivity contribution is -0.134. The van der Waals surface area contributed by atoms with Crippen molar-refractivity contribution in [3.05, 3.63) is 11.1 Å². The van der Waals surface area contributed by atoms with Crippen molar-refractivity contribution in [3.8, 4) is 0 Å². The van der Waals surface area contributed by atoms with Gasteiger partial charge in [0.05, 0.1) is 0 Å². The zero-order chi connectivity index (χ0) is 15.3. The molecule has 1 N–H and O–H groups in total. The number of carboxylic acid groups (broad SMARTS) is 1. The number of likely N-dealkylation sites (N-methyl/N-ethyl adjacent to an activating group) is 1. The van der Waals surface area contributed by atoms with Crippen molar-refractivity contribution in [3.63, 3.8) is 0 Å². The van der Waals surface area contributed by atoms with Gasteiger partial charge in [0.2, 0.25) is 5.91 Å². The lowest BCUT2D eigenvalue weighted by Crippen LogP contribution is -2.50. The van der Waals surface area contributed by atoms with Gasteiger partial charge < -0.3 is 14.9 Å². The molecule has 1 aliphatic rings. The molecule has 0 radical (unpaired) electrons. The third kappa shape index (κ3) is 4.61. The summed E-state index contributed by atoms with van der Waals surface area (Å²) < 4.78 is 0. The summed E-state index contributed by atoms with van der Waals surface area (Å²) >= 11 is 0. The second kappa shape index (κ2) is 7.40. The minimum Gasteiger partial charge on any atom is -0.478 e. The molecular formula is C14H25N3O3. The van der Waals surface area contributed by atoms with E-state index in [9.17, 15) is 9.59 Å². The molecule has 1 amide bonds. The fraction of sp³-hybridized carbons (Fsp3) is 0.714. The fourth-order valence-electron chi connectivity index (χ4n) is 2.07. The van der Waals surface area contributed by atoms with Crippen LogP contribution in [-0.2, 0) is 9.59 Å². The smallest absolute Gasteiger partial charge is 0.331 e. The minimum atomic E-state index is -1.03. The average Bonchev–Trinajstić information content (AvgIpc) is 2.43. The Morgan fingerprint density at radius 2 is 1.60 bits per heavy atom. The van der Waals surface area contributed by atoms with Crippen LogP contribution in [0.2, 0.25) is 0 Å². The molecule has 1 heterocycles. The van der Waals surface area contributed by atoms with Gasteiger partial charge in [-0.15, -0.1) is 0 Å². The SMILES string of the molecule is CC(C(=O)O)=C(C)C(=O)N1CCN(CCN(C)C)CC1. The molecule has 1 saturated heterocycles. The Morgan fingerprint density at radius 3 is 2.05 bits per heavy atom. The Bertz CT molecular complexity index is 396. The van der Waals surface area contributed by atoms with Gasteiger partial charge in [-0.2, -0.15) is 0 Å². The summed E-state index contributed by atoms with van der Waals surface area (Å²) in [7, 11) is 4.09. The van der Waals surface area contributed by atoms with Crippen molar-refractivity contribution in [2.45, 2.75) is 13.8 Å². The number of piperazine rings is 1. The first-order valence-corrected chi connectivity index (χ1v) is 6.90. The summed E-state index contributed by atoms with van der Waals surface area (Å²) in [5, 5.41) is 8.92. The van der Waals surface area contributed by atoms with Crippen molar-refractivity contribution in [1.82, 2.24) is 14.7 Å². The van der Waals surface area contributed by atoms with Crippen LogP contribution in [0.15, 0.2) is 11.1 Å². The van der Waals surface area contributed by atoms with E-state index in [0.717, 1.165) is 26.2 Å². The van der Waals surface area contributed by atoms with Gasteiger partial charge in [-0.1, -0.05) is 0 Å². The molecule has 0 spiro atoms. The zero-order valence-electron chi connectivity index (χ0n) is 12.8. The number of hydrogen-bond donors (Lipinski definition) is 1. The van der Waals surface area contributed by atoms with Crippen LogP contribution in [0, 0.1) is 0 Å². The second-order valence-electron chi connectivity index (χ2n) is 5.49. The van der Waals surface area contributed by atoms with E-state index in [1.165, 1.54) is 6.92 Å². The van der Waals surface area contributed by atoms with Crippen LogP contribution in [0.25, 0.3) is 0 Å². The minimum absolute atomic E-state index is 0.130. The number of nitrogens with zero attached hydrogens (tertiary/aromatic N) is 3. The number of carbonyl (C=O) groups excluding carboxylic acids is 1. The number of aliphatic carboxylic acids is 1. The van der Waals surface area contributed by atoms with Gasteiger partial charge in [0.1, 0.15) is 0 Å². The van der Waals surface area contributed by atoms with Crippen molar-refractivity contribution < 1.29 is 14.7 Å². The zero-order valence-corrected chi connectivity index (χ0v) is 12.8. The van der Waals surface area contributed by atoms with E-state index in [0.29, 0.717) is 18.7 Å². The average molecular weight is 283 g/mol. The maximum absolute atomic E-state index is 12.2. The Labute approximate surface area is 120 Å². The highest BCUT2D eigenvalue weighted by Crippen LogP contribution is 2.11. The number of carboxylic acids is 1. The van der Waals surface area contributed by atoms with Crippen LogP contribution in [0.1, 0.15) is 13.8 Å². The quantitative estimate of drug-likeness (QED) is 0.726. The Morgan fingerprint density at radius 1 is 1.05 bits per heavy atom. The van der Waals surface area contributed by atoms with Gasteiger partial charge in [-0.05, 0) is 27.9 Å². The van der Waals surface area contributed by atoms with Gasteiger partial charge >= 0.3 is 5.97 Å². The molecule has 20 heavy (non-hydrogen) atoms. The number of amides is 1. The van der Waals surface area contributed by atoms with E-state index in [1.54, 1.807) is 11.8 Å². The van der Waals surface area contributed by atoms with Crippen LogP contribution in [-0.4, -0.2) is 85.0 Å². The molecule has 6 nitrogen and oxygen atoms in total. The maximum Gasteiger partial charge on any atom is 0.331 e. The monoisotopic (exact) mass is 283 g/mol. The van der Waals surface area contributed by atoms with E-state index in [4.69, 9.17) is 5.11 Å². The molecule has 0 aromatic rings. The largest absolute Gasteiger partial charge is 0.478 e. The van der Waals surface area contributed by atoms with Crippen molar-refractivity contribution in [2.24, 2.45) is 0 Å². The Hall–Kier alpha value is -1.40. The summed E-state index contributed by atoms with van der Waals surface area (Å²) in [4.78, 5) is 29.3. The van der Waals surface area contributed by atoms with Crippen LogP contribution in [0.5, 0.6) is 0 Å². The third-order valence-corrected chi connectivity index (χ3v) is 3.73. The molecule has 6 heteroatoms. The summed E-state index contributed by atoms with van der Waals surface area (Å²) in [6.07, 6.45) is 0. The fourth-order valence-corrected chi connectivity index (χ4v) is 2.07. The summed E-state index contributed by atoms with van der Waals surface area (Å²) in [6, 6.07) is 0. The molecule has 0 unspecified atom stereocenters. The predicted octanol–water partition coefficient (Wildman–Crippen LogP) is 0.113. The van der Waals surface area contributed by atoms with Gasteiger partial charge in [0, 0.05) is 50.4 Å². The Balaban J connectivity index is 2.51. The van der Waals surface area contributed by atoms with Gasteiger partial charge in [-0.25, -0.2) is 4.79 Å². The molecule has 0 saturated carbocycles. The van der Waals surface area contributed by atoms with Gasteiger partial charge in [0.25, 0.3) is 0 Å². The molecule has 1 fully saturated rings. The molecule has 0 bridgehead atoms. The van der Waals surface area contributed by atoms with E-state index in [1.807, 2.05) is 14.1 Å². The number of rotatable bonds is 5. The first kappa shape index (κ1) is 16.7. The molecule has 0 aromatic carbocycles. The topological polar surface area (TPSA) is 64.1 Å². The molecule has 0 atom stereocenters. The van der Waals surface area contributed by atoms with Crippen LogP contribution < -0.4 is 0 Å². The van der Waals surface area contributed by atoms with Crippen LogP contribution in [0.3, 0.4) is 0 Å². The molecule has 1 aliphatic heterocycles. The summed E-state index contributed by atoms with van der Waals surface area (Å²) in [5.74, 6) is -1.18. The number of carbonyl (C=O) groups is 2. The van der Waals surface area contributed by atoms with E-state index < -0.39 is 5.97 Å². The van der Waals surface area contributed by atoms with E-state index in [2.05, 4.69) is 9.80 Å². The highest BCUT2D eigenvalue weighted by Gasteiger charge is 2.23. The van der Waals surface area contributed by atoms with Crippen LogP contribution in [0.4, 0.5) is 0 Å². The van der Waals surface area contributed by atoms with Crippen molar-refractivity contribution in [2.75, 3.05) is 53.4 Å². The normalized spacial score (nSPS) is 18.1. The third-order valence-electron chi connectivity index (χ3n) is 3.73. The molecule has 0 aromatic heterocycles. The van der Waals surface area contributed by atoms with Gasteiger partial charge in [-0.3, -0.25) is 9.69 Å². The lowest BCUT2D eigenvalue weighted by Gasteiger charge is -2.35. The van der Waals surface area contributed by atoms with E-state index >= 15 is 0 Å². The first-order valence-electron chi connectivity index (χ1n) is 6.90. The lowest BCUT2D eigenvalue weighted by atomic mass is 10.1. The molecular weight excluding hydrogens is 258 g/mol.